The van der Waals surface area contributed by atoms with Gasteiger partial charge >= 0.3 is 6.18 Å². The standard InChI is InChI=1S/C15H21F3N2O/c16-15(17,18)11-21-14-8-7-13(10-20-14)19-9-12-5-3-1-2-4-6-12/h7-8,10,12,19H,1-6,9,11H2. The van der Waals surface area contributed by atoms with Crippen LogP contribution in [-0.4, -0.2) is 24.3 Å². The molecule has 1 N–H and O–H groups in total. The Morgan fingerprint density at radius 2 is 1.86 bits per heavy atom. The van der Waals surface area contributed by atoms with Crippen LogP contribution in [0.15, 0.2) is 18.3 Å². The Kier molecular flexibility index (Phi) is 5.70. The lowest BCUT2D eigenvalue weighted by Crippen LogP contribution is -2.19. The summed E-state index contributed by atoms with van der Waals surface area (Å²) in [7, 11) is 0. The van der Waals surface area contributed by atoms with Crippen LogP contribution in [0.4, 0.5) is 18.9 Å². The van der Waals surface area contributed by atoms with Crippen LogP contribution >= 0.6 is 0 Å². The molecule has 0 amide bonds. The molecule has 1 aromatic heterocycles. The molecule has 3 nitrogen and oxygen atoms in total. The van der Waals surface area contributed by atoms with Crippen LogP contribution < -0.4 is 10.1 Å². The van der Waals surface area contributed by atoms with E-state index in [1.165, 1.54) is 50.8 Å². The molecule has 0 aromatic carbocycles. The van der Waals surface area contributed by atoms with E-state index in [0.29, 0.717) is 5.92 Å². The molecule has 2 rings (SSSR count). The summed E-state index contributed by atoms with van der Waals surface area (Å²) in [6.07, 6.45) is 4.89. The Labute approximate surface area is 122 Å². The number of hydrogen-bond acceptors (Lipinski definition) is 3. The van der Waals surface area contributed by atoms with Crippen LogP contribution in [0.5, 0.6) is 5.88 Å². The van der Waals surface area contributed by atoms with Gasteiger partial charge in [0.15, 0.2) is 6.61 Å². The van der Waals surface area contributed by atoms with E-state index in [0.717, 1.165) is 12.2 Å². The highest BCUT2D eigenvalue weighted by Gasteiger charge is 2.28. The lowest BCUT2D eigenvalue weighted by atomic mass is 10.0. The highest BCUT2D eigenvalue weighted by molar-refractivity contribution is 5.42. The summed E-state index contributed by atoms with van der Waals surface area (Å²) in [5.41, 5.74) is 0.818. The summed E-state index contributed by atoms with van der Waals surface area (Å²) < 4.78 is 40.6. The van der Waals surface area contributed by atoms with Gasteiger partial charge in [-0.15, -0.1) is 0 Å². The SMILES string of the molecule is FC(F)(F)COc1ccc(NCC2CCCCCC2)cn1. The fourth-order valence-electron chi connectivity index (χ4n) is 2.56. The Balaban J connectivity index is 1.76. The third-order valence-corrected chi connectivity index (χ3v) is 3.69. The number of anilines is 1. The minimum absolute atomic E-state index is 0.00709. The number of rotatable bonds is 5. The summed E-state index contributed by atoms with van der Waals surface area (Å²) >= 11 is 0. The van der Waals surface area contributed by atoms with Crippen molar-refractivity contribution in [1.82, 2.24) is 4.98 Å². The van der Waals surface area contributed by atoms with Gasteiger partial charge in [0.05, 0.1) is 11.9 Å². The number of alkyl halides is 3. The van der Waals surface area contributed by atoms with Gasteiger partial charge in [-0.05, 0) is 24.8 Å². The minimum atomic E-state index is -4.34. The van der Waals surface area contributed by atoms with Crippen molar-refractivity contribution in [1.29, 1.82) is 0 Å². The molecule has 0 unspecified atom stereocenters. The predicted octanol–water partition coefficient (Wildman–Crippen LogP) is 4.41. The zero-order valence-electron chi connectivity index (χ0n) is 12.0. The van der Waals surface area contributed by atoms with E-state index in [2.05, 4.69) is 15.0 Å². The van der Waals surface area contributed by atoms with Gasteiger partial charge in [-0.25, -0.2) is 4.98 Å². The maximum Gasteiger partial charge on any atom is 0.422 e. The van der Waals surface area contributed by atoms with Crippen molar-refractivity contribution in [2.45, 2.75) is 44.7 Å². The quantitative estimate of drug-likeness (QED) is 0.818. The van der Waals surface area contributed by atoms with Crippen LogP contribution in [0.2, 0.25) is 0 Å². The van der Waals surface area contributed by atoms with Crippen molar-refractivity contribution in [3.63, 3.8) is 0 Å². The van der Waals surface area contributed by atoms with Crippen molar-refractivity contribution in [3.8, 4) is 5.88 Å². The molecule has 118 valence electrons. The van der Waals surface area contributed by atoms with Crippen LogP contribution in [0.25, 0.3) is 0 Å². The smallest absolute Gasteiger partial charge is 0.422 e. The van der Waals surface area contributed by atoms with Gasteiger partial charge in [0.25, 0.3) is 0 Å². The number of nitrogens with zero attached hydrogens (tertiary/aromatic N) is 1. The fraction of sp³-hybridized carbons (Fsp3) is 0.667. The van der Waals surface area contributed by atoms with Crippen LogP contribution in [0.1, 0.15) is 38.5 Å². The van der Waals surface area contributed by atoms with E-state index in [1.54, 1.807) is 6.07 Å². The average molecular weight is 302 g/mol. The first-order valence-electron chi connectivity index (χ1n) is 7.42. The zero-order valence-corrected chi connectivity index (χ0v) is 12.0. The molecule has 0 aliphatic heterocycles. The number of aromatic nitrogens is 1. The molecule has 0 spiro atoms. The lowest BCUT2D eigenvalue weighted by Gasteiger charge is -2.15. The maximum atomic E-state index is 12.0. The van der Waals surface area contributed by atoms with Crippen molar-refractivity contribution in [2.75, 3.05) is 18.5 Å². The van der Waals surface area contributed by atoms with E-state index < -0.39 is 12.8 Å². The van der Waals surface area contributed by atoms with E-state index in [4.69, 9.17) is 0 Å². The Hall–Kier alpha value is -1.46. The van der Waals surface area contributed by atoms with Crippen LogP contribution in [0.3, 0.4) is 0 Å². The van der Waals surface area contributed by atoms with Crippen molar-refractivity contribution < 1.29 is 17.9 Å². The number of hydrogen-bond donors (Lipinski definition) is 1. The minimum Gasteiger partial charge on any atom is -0.468 e. The van der Waals surface area contributed by atoms with Gasteiger partial charge in [0, 0.05) is 12.6 Å². The highest BCUT2D eigenvalue weighted by atomic mass is 19.4. The Morgan fingerprint density at radius 1 is 1.14 bits per heavy atom. The van der Waals surface area contributed by atoms with Gasteiger partial charge < -0.3 is 10.1 Å². The normalized spacial score (nSPS) is 17.3. The largest absolute Gasteiger partial charge is 0.468 e. The topological polar surface area (TPSA) is 34.1 Å². The summed E-state index contributed by atoms with van der Waals surface area (Å²) in [6.45, 7) is -0.417. The molecule has 1 aliphatic carbocycles. The van der Waals surface area contributed by atoms with Crippen LogP contribution in [-0.2, 0) is 0 Å². The highest BCUT2D eigenvalue weighted by Crippen LogP contribution is 2.23. The summed E-state index contributed by atoms with van der Waals surface area (Å²) in [5, 5.41) is 3.30. The van der Waals surface area contributed by atoms with Crippen molar-refractivity contribution in [3.05, 3.63) is 18.3 Å². The zero-order chi connectivity index (χ0) is 15.1. The molecule has 1 saturated carbocycles. The number of halogens is 3. The van der Waals surface area contributed by atoms with Gasteiger partial charge in [-0.2, -0.15) is 13.2 Å². The van der Waals surface area contributed by atoms with E-state index in [9.17, 15) is 13.2 Å². The van der Waals surface area contributed by atoms with E-state index in [1.807, 2.05) is 0 Å². The Bertz CT molecular complexity index is 412. The van der Waals surface area contributed by atoms with Crippen molar-refractivity contribution >= 4 is 5.69 Å². The molecule has 1 aromatic rings. The second-order valence-corrected chi connectivity index (χ2v) is 5.53. The molecule has 1 aliphatic rings. The third kappa shape index (κ3) is 6.23. The van der Waals surface area contributed by atoms with Gasteiger partial charge in [0.2, 0.25) is 5.88 Å². The monoisotopic (exact) mass is 302 g/mol. The summed E-state index contributed by atoms with van der Waals surface area (Å²) in [5.74, 6) is 0.668. The first kappa shape index (κ1) is 15.9. The number of ether oxygens (including phenoxy) is 1. The summed E-state index contributed by atoms with van der Waals surface area (Å²) in [4.78, 5) is 3.88. The van der Waals surface area contributed by atoms with Gasteiger partial charge in [0.1, 0.15) is 0 Å². The lowest BCUT2D eigenvalue weighted by molar-refractivity contribution is -0.154. The molecule has 6 heteroatoms. The van der Waals surface area contributed by atoms with Crippen molar-refractivity contribution in [2.24, 2.45) is 5.92 Å². The van der Waals surface area contributed by atoms with Crippen LogP contribution in [0, 0.1) is 5.92 Å². The molecular formula is C15H21F3N2O. The molecular weight excluding hydrogens is 281 g/mol. The van der Waals surface area contributed by atoms with E-state index >= 15 is 0 Å². The van der Waals surface area contributed by atoms with E-state index in [-0.39, 0.29) is 5.88 Å². The second-order valence-electron chi connectivity index (χ2n) is 5.53. The molecule has 1 heterocycles. The Morgan fingerprint density at radius 3 is 2.43 bits per heavy atom. The number of nitrogens with one attached hydrogen (secondary N) is 1. The average Bonchev–Trinajstić information content (AvgIpc) is 2.72. The van der Waals surface area contributed by atoms with Gasteiger partial charge in [-0.1, -0.05) is 25.7 Å². The number of pyridine rings is 1. The molecule has 0 radical (unpaired) electrons. The third-order valence-electron chi connectivity index (χ3n) is 3.69. The molecule has 0 bridgehead atoms. The molecule has 0 saturated heterocycles. The first-order valence-corrected chi connectivity index (χ1v) is 7.42. The van der Waals surface area contributed by atoms with Gasteiger partial charge in [-0.3, -0.25) is 0 Å². The first-order chi connectivity index (χ1) is 10.0. The second kappa shape index (κ2) is 7.52. The molecule has 1 fully saturated rings. The molecule has 0 atom stereocenters. The fourth-order valence-corrected chi connectivity index (χ4v) is 2.56. The maximum absolute atomic E-state index is 12.0. The summed E-state index contributed by atoms with van der Waals surface area (Å²) in [6, 6.07) is 3.16. The predicted molar refractivity (Wildman–Crippen MR) is 75.5 cm³/mol. The molecule has 21 heavy (non-hydrogen) atoms.